The topological polar surface area (TPSA) is 91.1 Å². The Balaban J connectivity index is 1.41. The summed E-state index contributed by atoms with van der Waals surface area (Å²) < 4.78 is 2.02. The number of nitrogens with one attached hydrogen (secondary N) is 1. The van der Waals surface area contributed by atoms with Crippen LogP contribution in [0.3, 0.4) is 0 Å². The number of aromatic amines is 1. The van der Waals surface area contributed by atoms with Crippen molar-refractivity contribution in [3.05, 3.63) is 37.2 Å². The first-order valence-corrected chi connectivity index (χ1v) is 7.83. The van der Waals surface area contributed by atoms with Crippen LogP contribution in [-0.2, 0) is 0 Å². The van der Waals surface area contributed by atoms with Gasteiger partial charge in [-0.1, -0.05) is 6.07 Å². The van der Waals surface area contributed by atoms with Crippen LogP contribution in [0.1, 0.15) is 0 Å². The van der Waals surface area contributed by atoms with Crippen molar-refractivity contribution in [3.8, 4) is 0 Å². The number of hydrogen-bond acceptors (Lipinski definition) is 7. The van der Waals surface area contributed by atoms with Crippen LogP contribution < -0.4 is 9.80 Å². The van der Waals surface area contributed by atoms with Crippen molar-refractivity contribution in [1.29, 1.82) is 0 Å². The molecular weight excluding hydrogens is 306 g/mol. The molecule has 0 atom stereocenters. The molecule has 5 rings (SSSR count). The Bertz CT molecular complexity index is 914. The lowest BCUT2D eigenvalue weighted by Crippen LogP contribution is -2.47. The van der Waals surface area contributed by atoms with E-state index in [1.165, 1.54) is 0 Å². The SMILES string of the molecule is c1cc(N2CCN(c3ncnc4nc[nH]c34)CC2)n2cnnc2c1. The molecule has 9 nitrogen and oxygen atoms in total. The standard InChI is InChI=1S/C15H15N9/c1-2-11-21-20-10-24(11)12(3-1)22-4-6-23(7-5-22)15-13-14(17-8-16-13)18-9-19-15/h1-3,8-10H,4-7H2,(H,16,17,18,19). The van der Waals surface area contributed by atoms with Gasteiger partial charge in [0.15, 0.2) is 17.1 Å². The van der Waals surface area contributed by atoms with Gasteiger partial charge in [-0.05, 0) is 12.1 Å². The van der Waals surface area contributed by atoms with E-state index in [1.54, 1.807) is 19.0 Å². The second kappa shape index (κ2) is 5.15. The van der Waals surface area contributed by atoms with Crippen LogP contribution in [-0.4, -0.2) is 60.7 Å². The molecule has 1 fully saturated rings. The zero-order chi connectivity index (χ0) is 15.9. The fraction of sp³-hybridized carbons (Fsp3) is 0.267. The van der Waals surface area contributed by atoms with Crippen LogP contribution in [0.15, 0.2) is 37.2 Å². The van der Waals surface area contributed by atoms with E-state index in [4.69, 9.17) is 0 Å². The van der Waals surface area contributed by atoms with E-state index in [0.717, 1.165) is 49.0 Å². The van der Waals surface area contributed by atoms with Gasteiger partial charge < -0.3 is 14.8 Å². The molecule has 120 valence electrons. The molecule has 24 heavy (non-hydrogen) atoms. The molecule has 4 aromatic rings. The number of hydrogen-bond donors (Lipinski definition) is 1. The Morgan fingerprint density at radius 2 is 1.83 bits per heavy atom. The van der Waals surface area contributed by atoms with Gasteiger partial charge in [-0.2, -0.15) is 0 Å². The quantitative estimate of drug-likeness (QED) is 0.582. The Morgan fingerprint density at radius 1 is 0.958 bits per heavy atom. The van der Waals surface area contributed by atoms with Crippen molar-refractivity contribution in [3.63, 3.8) is 0 Å². The van der Waals surface area contributed by atoms with Crippen molar-refractivity contribution < 1.29 is 0 Å². The van der Waals surface area contributed by atoms with Gasteiger partial charge in [-0.15, -0.1) is 10.2 Å². The molecule has 5 heterocycles. The number of piperazine rings is 1. The van der Waals surface area contributed by atoms with Crippen molar-refractivity contribution in [2.75, 3.05) is 36.0 Å². The summed E-state index contributed by atoms with van der Waals surface area (Å²) in [6.45, 7) is 3.56. The van der Waals surface area contributed by atoms with Gasteiger partial charge in [0.25, 0.3) is 0 Å². The summed E-state index contributed by atoms with van der Waals surface area (Å²) in [7, 11) is 0. The van der Waals surface area contributed by atoms with Gasteiger partial charge >= 0.3 is 0 Å². The zero-order valence-electron chi connectivity index (χ0n) is 12.9. The summed E-state index contributed by atoms with van der Waals surface area (Å²) in [4.78, 5) is 20.6. The molecule has 0 aromatic carbocycles. The van der Waals surface area contributed by atoms with E-state index in [2.05, 4.69) is 46.0 Å². The number of H-pyrrole nitrogens is 1. The van der Waals surface area contributed by atoms with Crippen LogP contribution >= 0.6 is 0 Å². The number of rotatable bonds is 2. The number of imidazole rings is 1. The van der Waals surface area contributed by atoms with Crippen LogP contribution in [0.5, 0.6) is 0 Å². The summed E-state index contributed by atoms with van der Waals surface area (Å²) in [6, 6.07) is 6.08. The second-order valence-electron chi connectivity index (χ2n) is 5.72. The van der Waals surface area contributed by atoms with E-state index in [1.807, 2.05) is 16.5 Å². The smallest absolute Gasteiger partial charge is 0.182 e. The number of fused-ring (bicyclic) bond motifs is 2. The largest absolute Gasteiger partial charge is 0.354 e. The van der Waals surface area contributed by atoms with E-state index in [0.29, 0.717) is 5.65 Å². The molecular formula is C15H15N9. The molecule has 1 N–H and O–H groups in total. The molecule has 9 heteroatoms. The predicted octanol–water partition coefficient (Wildman–Crippen LogP) is 0.722. The Labute approximate surface area is 137 Å². The van der Waals surface area contributed by atoms with Gasteiger partial charge in [0.2, 0.25) is 0 Å². The summed E-state index contributed by atoms with van der Waals surface area (Å²) in [6.07, 6.45) is 4.99. The molecule has 0 saturated carbocycles. The number of anilines is 2. The monoisotopic (exact) mass is 321 g/mol. The van der Waals surface area contributed by atoms with Crippen molar-refractivity contribution in [2.45, 2.75) is 0 Å². The second-order valence-corrected chi connectivity index (χ2v) is 5.72. The zero-order valence-corrected chi connectivity index (χ0v) is 12.9. The molecule has 1 aliphatic rings. The Hall–Kier alpha value is -3.23. The molecule has 0 amide bonds. The van der Waals surface area contributed by atoms with Crippen LogP contribution in [0.4, 0.5) is 11.6 Å². The van der Waals surface area contributed by atoms with Crippen LogP contribution in [0, 0.1) is 0 Å². The predicted molar refractivity (Wildman–Crippen MR) is 89.1 cm³/mol. The molecule has 0 radical (unpaired) electrons. The highest BCUT2D eigenvalue weighted by Crippen LogP contribution is 2.23. The van der Waals surface area contributed by atoms with E-state index in [-0.39, 0.29) is 0 Å². The first-order valence-electron chi connectivity index (χ1n) is 7.83. The average Bonchev–Trinajstić information content (AvgIpc) is 3.30. The maximum atomic E-state index is 4.44. The lowest BCUT2D eigenvalue weighted by Gasteiger charge is -2.36. The highest BCUT2D eigenvalue weighted by atomic mass is 15.3. The van der Waals surface area contributed by atoms with Crippen molar-refractivity contribution in [1.82, 2.24) is 34.5 Å². The minimum atomic E-state index is 0.705. The first kappa shape index (κ1) is 13.2. The minimum absolute atomic E-state index is 0.705. The van der Waals surface area contributed by atoms with Crippen LogP contribution in [0.25, 0.3) is 16.8 Å². The minimum Gasteiger partial charge on any atom is -0.354 e. The number of aromatic nitrogens is 7. The van der Waals surface area contributed by atoms with Gasteiger partial charge in [0.05, 0.1) is 6.33 Å². The van der Waals surface area contributed by atoms with Gasteiger partial charge in [0.1, 0.15) is 24.0 Å². The van der Waals surface area contributed by atoms with Crippen molar-refractivity contribution in [2.24, 2.45) is 0 Å². The molecule has 1 saturated heterocycles. The molecule has 0 unspecified atom stereocenters. The summed E-state index contributed by atoms with van der Waals surface area (Å²) >= 11 is 0. The van der Waals surface area contributed by atoms with E-state index >= 15 is 0 Å². The summed E-state index contributed by atoms with van der Waals surface area (Å²) in [5, 5.41) is 8.11. The third-order valence-corrected chi connectivity index (χ3v) is 4.42. The molecule has 1 aliphatic heterocycles. The molecule has 0 spiro atoms. The first-order chi connectivity index (χ1) is 11.9. The third-order valence-electron chi connectivity index (χ3n) is 4.42. The van der Waals surface area contributed by atoms with Crippen molar-refractivity contribution >= 4 is 28.4 Å². The normalized spacial score (nSPS) is 15.5. The van der Waals surface area contributed by atoms with Gasteiger partial charge in [0, 0.05) is 26.2 Å². The van der Waals surface area contributed by atoms with E-state index in [9.17, 15) is 0 Å². The number of pyridine rings is 1. The van der Waals surface area contributed by atoms with E-state index < -0.39 is 0 Å². The van der Waals surface area contributed by atoms with Gasteiger partial charge in [-0.25, -0.2) is 15.0 Å². The lowest BCUT2D eigenvalue weighted by molar-refractivity contribution is 0.640. The van der Waals surface area contributed by atoms with Gasteiger partial charge in [-0.3, -0.25) is 4.40 Å². The maximum absolute atomic E-state index is 4.44. The van der Waals surface area contributed by atoms with Crippen LogP contribution in [0.2, 0.25) is 0 Å². The Morgan fingerprint density at radius 3 is 2.75 bits per heavy atom. The average molecular weight is 321 g/mol. The Kier molecular flexibility index (Phi) is 2.84. The fourth-order valence-corrected chi connectivity index (χ4v) is 3.23. The highest BCUT2D eigenvalue weighted by molar-refractivity contribution is 5.82. The molecule has 0 bridgehead atoms. The maximum Gasteiger partial charge on any atom is 0.182 e. The summed E-state index contributed by atoms with van der Waals surface area (Å²) in [5.74, 6) is 2.03. The summed E-state index contributed by atoms with van der Waals surface area (Å²) in [5.41, 5.74) is 2.47. The molecule has 4 aromatic heterocycles. The fourth-order valence-electron chi connectivity index (χ4n) is 3.23. The highest BCUT2D eigenvalue weighted by Gasteiger charge is 2.22. The lowest BCUT2D eigenvalue weighted by atomic mass is 10.3. The number of nitrogens with zero attached hydrogens (tertiary/aromatic N) is 8. The third kappa shape index (κ3) is 1.98. The molecule has 0 aliphatic carbocycles.